The summed E-state index contributed by atoms with van der Waals surface area (Å²) in [6.07, 6.45) is 0.683. The Morgan fingerprint density at radius 2 is 1.75 bits per heavy atom. The van der Waals surface area contributed by atoms with E-state index in [2.05, 4.69) is 0 Å². The van der Waals surface area contributed by atoms with Crippen LogP contribution in [0.2, 0.25) is 0 Å². The Morgan fingerprint density at radius 1 is 1.12 bits per heavy atom. The minimum Gasteiger partial charge on any atom is -0.396 e. The highest BCUT2D eigenvalue weighted by molar-refractivity contribution is 5.49. The zero-order chi connectivity index (χ0) is 12.0. The Kier molecular flexibility index (Phi) is 4.55. The second-order valence-corrected chi connectivity index (χ2v) is 3.39. The fraction of sp³-hybridized carbons (Fsp3) is 0.333. The minimum absolute atomic E-state index is 0.122. The molecule has 0 aliphatic heterocycles. The van der Waals surface area contributed by atoms with Gasteiger partial charge in [0.15, 0.2) is 0 Å². The molecule has 88 valence electrons. The van der Waals surface area contributed by atoms with E-state index < -0.39 is 11.7 Å². The predicted molar refractivity (Wildman–Crippen MR) is 56.8 cm³/mol. The van der Waals surface area contributed by atoms with Crippen LogP contribution < -0.4 is 0 Å². The van der Waals surface area contributed by atoms with Crippen molar-refractivity contribution < 1.29 is 18.3 Å². The Morgan fingerprint density at radius 3 is 2.25 bits per heavy atom. The molecule has 16 heavy (non-hydrogen) atoms. The Hall–Kier alpha value is -1.29. The summed E-state index contributed by atoms with van der Waals surface area (Å²) in [5, 5.41) is 8.53. The van der Waals surface area contributed by atoms with E-state index in [0.717, 1.165) is 24.1 Å². The number of halogens is 3. The van der Waals surface area contributed by atoms with Gasteiger partial charge >= 0.3 is 6.18 Å². The second kappa shape index (κ2) is 5.70. The molecular formula is C12H13F3O. The van der Waals surface area contributed by atoms with Gasteiger partial charge in [0.25, 0.3) is 0 Å². The third kappa shape index (κ3) is 4.06. The summed E-state index contributed by atoms with van der Waals surface area (Å²) in [6.45, 7) is 0.122. The predicted octanol–water partition coefficient (Wildman–Crippen LogP) is 3.49. The van der Waals surface area contributed by atoms with Crippen molar-refractivity contribution >= 4 is 6.08 Å². The highest BCUT2D eigenvalue weighted by atomic mass is 19.4. The van der Waals surface area contributed by atoms with Gasteiger partial charge in [0.2, 0.25) is 0 Å². The molecule has 1 N–H and O–H groups in total. The first-order valence-electron chi connectivity index (χ1n) is 4.98. The first-order chi connectivity index (χ1) is 7.54. The molecule has 0 saturated carbocycles. The molecule has 0 fully saturated rings. The molecular weight excluding hydrogens is 217 g/mol. The van der Waals surface area contributed by atoms with Crippen molar-refractivity contribution in [1.29, 1.82) is 0 Å². The highest BCUT2D eigenvalue weighted by Crippen LogP contribution is 2.29. The fourth-order valence-corrected chi connectivity index (χ4v) is 1.21. The number of aliphatic hydroxyl groups is 1. The minimum atomic E-state index is -4.28. The van der Waals surface area contributed by atoms with Gasteiger partial charge < -0.3 is 5.11 Å². The molecule has 1 nitrogen and oxygen atoms in total. The Balaban J connectivity index is 2.61. The van der Waals surface area contributed by atoms with Gasteiger partial charge in [-0.2, -0.15) is 13.2 Å². The largest absolute Gasteiger partial charge is 0.416 e. The van der Waals surface area contributed by atoms with Crippen molar-refractivity contribution in [3.8, 4) is 0 Å². The molecule has 0 spiro atoms. The van der Waals surface area contributed by atoms with Crippen LogP contribution in [-0.2, 0) is 6.18 Å². The van der Waals surface area contributed by atoms with Crippen LogP contribution in [0.15, 0.2) is 30.3 Å². The number of hydrogen-bond donors (Lipinski definition) is 1. The number of aliphatic hydroxyl groups excluding tert-OH is 1. The first kappa shape index (κ1) is 12.8. The molecule has 1 rings (SSSR count). The molecule has 4 heteroatoms. The van der Waals surface area contributed by atoms with Crippen LogP contribution in [0.3, 0.4) is 0 Å². The van der Waals surface area contributed by atoms with Gasteiger partial charge in [-0.3, -0.25) is 0 Å². The normalized spacial score (nSPS) is 12.2. The summed E-state index contributed by atoms with van der Waals surface area (Å²) < 4.78 is 36.7. The summed E-state index contributed by atoms with van der Waals surface area (Å²) in [7, 11) is 0. The number of benzene rings is 1. The van der Waals surface area contributed by atoms with Gasteiger partial charge in [-0.25, -0.2) is 0 Å². The van der Waals surface area contributed by atoms with E-state index in [4.69, 9.17) is 5.11 Å². The Bertz CT molecular complexity index is 338. The van der Waals surface area contributed by atoms with Crippen molar-refractivity contribution in [3.05, 3.63) is 41.5 Å². The lowest BCUT2D eigenvalue weighted by atomic mass is 10.1. The number of alkyl halides is 3. The maximum atomic E-state index is 12.2. The van der Waals surface area contributed by atoms with Gasteiger partial charge in [0, 0.05) is 6.61 Å². The first-order valence-corrected chi connectivity index (χ1v) is 4.98. The van der Waals surface area contributed by atoms with Crippen LogP contribution >= 0.6 is 0 Å². The molecule has 0 aliphatic rings. The third-order valence-corrected chi connectivity index (χ3v) is 2.08. The second-order valence-electron chi connectivity index (χ2n) is 3.39. The average molecular weight is 230 g/mol. The van der Waals surface area contributed by atoms with Crippen molar-refractivity contribution in [3.63, 3.8) is 0 Å². The zero-order valence-electron chi connectivity index (χ0n) is 8.67. The van der Waals surface area contributed by atoms with E-state index in [1.54, 1.807) is 6.08 Å². The quantitative estimate of drug-likeness (QED) is 0.785. The monoisotopic (exact) mass is 230 g/mol. The molecule has 0 bridgehead atoms. The summed E-state index contributed by atoms with van der Waals surface area (Å²) in [5.41, 5.74) is 0.0888. The van der Waals surface area contributed by atoms with Gasteiger partial charge in [-0.15, -0.1) is 0 Å². The van der Waals surface area contributed by atoms with Gasteiger partial charge in [0.05, 0.1) is 5.56 Å². The topological polar surface area (TPSA) is 20.2 Å². The standard InChI is InChI=1S/C12H13F3O/c13-12(14,15)11-7-5-10(6-8-11)4-2-1-3-9-16/h2,4-8,16H,1,3,9H2. The number of rotatable bonds is 4. The number of unbranched alkanes of at least 4 members (excludes halogenated alkanes) is 1. The van der Waals surface area contributed by atoms with Crippen LogP contribution in [0.25, 0.3) is 6.08 Å². The third-order valence-electron chi connectivity index (χ3n) is 2.08. The van der Waals surface area contributed by atoms with Crippen LogP contribution in [0.1, 0.15) is 24.0 Å². The van der Waals surface area contributed by atoms with E-state index in [9.17, 15) is 13.2 Å². The molecule has 0 amide bonds. The number of hydrogen-bond acceptors (Lipinski definition) is 1. The van der Waals surface area contributed by atoms with Crippen molar-refractivity contribution in [2.24, 2.45) is 0 Å². The van der Waals surface area contributed by atoms with Gasteiger partial charge in [0.1, 0.15) is 0 Å². The Labute approximate surface area is 92.2 Å². The number of allylic oxidation sites excluding steroid dienone is 1. The summed E-state index contributed by atoms with van der Waals surface area (Å²) >= 11 is 0. The maximum absolute atomic E-state index is 12.2. The smallest absolute Gasteiger partial charge is 0.396 e. The molecule has 0 aromatic heterocycles. The molecule has 0 radical (unpaired) electrons. The van der Waals surface area contributed by atoms with Crippen LogP contribution in [0.5, 0.6) is 0 Å². The van der Waals surface area contributed by atoms with Crippen molar-refractivity contribution in [2.75, 3.05) is 6.61 Å². The lowest BCUT2D eigenvalue weighted by Gasteiger charge is -2.05. The molecule has 1 aromatic carbocycles. The van der Waals surface area contributed by atoms with E-state index in [-0.39, 0.29) is 6.61 Å². The SMILES string of the molecule is OCCCC=Cc1ccc(C(F)(F)F)cc1. The van der Waals surface area contributed by atoms with Crippen LogP contribution in [0, 0.1) is 0 Å². The van der Waals surface area contributed by atoms with E-state index in [0.29, 0.717) is 6.42 Å². The summed E-state index contributed by atoms with van der Waals surface area (Å²) in [4.78, 5) is 0. The molecule has 0 unspecified atom stereocenters. The maximum Gasteiger partial charge on any atom is 0.416 e. The van der Waals surface area contributed by atoms with E-state index >= 15 is 0 Å². The lowest BCUT2D eigenvalue weighted by Crippen LogP contribution is -2.03. The summed E-state index contributed by atoms with van der Waals surface area (Å²) in [5.74, 6) is 0. The average Bonchev–Trinajstić information content (AvgIpc) is 2.24. The van der Waals surface area contributed by atoms with Gasteiger partial charge in [-0.05, 0) is 30.5 Å². The van der Waals surface area contributed by atoms with E-state index in [1.807, 2.05) is 6.08 Å². The van der Waals surface area contributed by atoms with Crippen LogP contribution in [-0.4, -0.2) is 11.7 Å². The highest BCUT2D eigenvalue weighted by Gasteiger charge is 2.29. The molecule has 0 saturated heterocycles. The van der Waals surface area contributed by atoms with Crippen molar-refractivity contribution in [1.82, 2.24) is 0 Å². The lowest BCUT2D eigenvalue weighted by molar-refractivity contribution is -0.137. The molecule has 0 heterocycles. The fourth-order valence-electron chi connectivity index (χ4n) is 1.21. The molecule has 1 aromatic rings. The zero-order valence-corrected chi connectivity index (χ0v) is 8.67. The molecule has 0 aliphatic carbocycles. The van der Waals surface area contributed by atoms with E-state index in [1.165, 1.54) is 12.1 Å². The van der Waals surface area contributed by atoms with Crippen LogP contribution in [0.4, 0.5) is 13.2 Å². The molecule has 0 atom stereocenters. The van der Waals surface area contributed by atoms with Gasteiger partial charge in [-0.1, -0.05) is 24.3 Å². The van der Waals surface area contributed by atoms with Crippen molar-refractivity contribution in [2.45, 2.75) is 19.0 Å². The summed E-state index contributed by atoms with van der Waals surface area (Å²) in [6, 6.07) is 4.98.